The van der Waals surface area contributed by atoms with Crippen molar-refractivity contribution in [3.8, 4) is 5.88 Å². The van der Waals surface area contributed by atoms with E-state index in [2.05, 4.69) is 0 Å². The predicted molar refractivity (Wildman–Crippen MR) is 83.0 cm³/mol. The molecule has 1 saturated carbocycles. The third-order valence-electron chi connectivity index (χ3n) is 4.64. The number of rotatable bonds is 3. The number of carbonyl (C=O) groups is 1. The fourth-order valence-corrected chi connectivity index (χ4v) is 3.31. The van der Waals surface area contributed by atoms with Crippen molar-refractivity contribution in [2.45, 2.75) is 32.2 Å². The molecule has 0 spiro atoms. The average molecular weight is 301 g/mol. The first-order chi connectivity index (χ1) is 10.6. The van der Waals surface area contributed by atoms with Crippen LogP contribution < -0.4 is 5.56 Å². The van der Waals surface area contributed by atoms with Gasteiger partial charge >= 0.3 is 5.97 Å². The minimum Gasteiger partial charge on any atom is -0.494 e. The fourth-order valence-electron chi connectivity index (χ4n) is 3.31. The van der Waals surface area contributed by atoms with E-state index in [0.717, 1.165) is 18.2 Å². The van der Waals surface area contributed by atoms with Crippen molar-refractivity contribution in [3.63, 3.8) is 0 Å². The smallest absolute Gasteiger partial charge is 0.306 e. The van der Waals surface area contributed by atoms with Gasteiger partial charge in [-0.1, -0.05) is 18.2 Å². The summed E-state index contributed by atoms with van der Waals surface area (Å²) in [6, 6.07) is 8.80. The van der Waals surface area contributed by atoms with Crippen LogP contribution in [-0.4, -0.2) is 20.7 Å². The number of carboxylic acids is 1. The molecule has 2 aromatic rings. The van der Waals surface area contributed by atoms with Crippen molar-refractivity contribution in [2.24, 2.45) is 11.8 Å². The van der Waals surface area contributed by atoms with E-state index in [1.165, 1.54) is 10.6 Å². The molecular formula is C17H19NO4. The lowest BCUT2D eigenvalue weighted by atomic mass is 9.82. The van der Waals surface area contributed by atoms with Crippen molar-refractivity contribution in [1.82, 2.24) is 4.57 Å². The highest BCUT2D eigenvalue weighted by Crippen LogP contribution is 2.31. The maximum Gasteiger partial charge on any atom is 0.306 e. The van der Waals surface area contributed by atoms with Crippen LogP contribution in [0.3, 0.4) is 0 Å². The molecular weight excluding hydrogens is 282 g/mol. The summed E-state index contributed by atoms with van der Waals surface area (Å²) < 4.78 is 1.41. The van der Waals surface area contributed by atoms with E-state index in [0.29, 0.717) is 24.8 Å². The largest absolute Gasteiger partial charge is 0.494 e. The van der Waals surface area contributed by atoms with Crippen molar-refractivity contribution >= 4 is 16.7 Å². The van der Waals surface area contributed by atoms with Crippen LogP contribution in [0, 0.1) is 11.8 Å². The Morgan fingerprint density at radius 3 is 2.55 bits per heavy atom. The molecule has 0 aliphatic heterocycles. The fraction of sp³-hybridized carbons (Fsp3) is 0.412. The van der Waals surface area contributed by atoms with E-state index in [1.807, 2.05) is 12.1 Å². The number of aromatic nitrogens is 1. The molecule has 0 radical (unpaired) electrons. The zero-order valence-corrected chi connectivity index (χ0v) is 12.2. The normalized spacial score (nSPS) is 21.8. The van der Waals surface area contributed by atoms with Gasteiger partial charge in [0, 0.05) is 18.0 Å². The van der Waals surface area contributed by atoms with E-state index in [1.54, 1.807) is 12.1 Å². The Bertz CT molecular complexity index is 757. The highest BCUT2D eigenvalue weighted by Gasteiger charge is 2.26. The number of aliphatic carboxylic acids is 1. The summed E-state index contributed by atoms with van der Waals surface area (Å²) in [6.45, 7) is 0.446. The first kappa shape index (κ1) is 14.6. The van der Waals surface area contributed by atoms with Crippen LogP contribution in [0.1, 0.15) is 25.7 Å². The Morgan fingerprint density at radius 1 is 1.18 bits per heavy atom. The van der Waals surface area contributed by atoms with Gasteiger partial charge in [0.2, 0.25) is 5.88 Å². The van der Waals surface area contributed by atoms with Crippen molar-refractivity contribution in [3.05, 3.63) is 40.7 Å². The number of carboxylic acid groups (broad SMARTS) is 1. The summed E-state index contributed by atoms with van der Waals surface area (Å²) in [5, 5.41) is 20.8. The summed E-state index contributed by atoms with van der Waals surface area (Å²) >= 11 is 0. The Labute approximate surface area is 127 Å². The van der Waals surface area contributed by atoms with Gasteiger partial charge in [-0.15, -0.1) is 0 Å². The zero-order chi connectivity index (χ0) is 15.7. The van der Waals surface area contributed by atoms with Crippen LogP contribution in [0.5, 0.6) is 5.88 Å². The van der Waals surface area contributed by atoms with Crippen molar-refractivity contribution in [2.75, 3.05) is 0 Å². The van der Waals surface area contributed by atoms with E-state index in [9.17, 15) is 14.7 Å². The van der Waals surface area contributed by atoms with Gasteiger partial charge in [-0.05, 0) is 43.1 Å². The summed E-state index contributed by atoms with van der Waals surface area (Å²) in [4.78, 5) is 23.2. The zero-order valence-electron chi connectivity index (χ0n) is 12.2. The SMILES string of the molecule is O=C(O)C1CCC(Cn2c(O)c3ccccc3cc2=O)CC1. The lowest BCUT2D eigenvalue weighted by molar-refractivity contribution is -0.143. The molecule has 2 N–H and O–H groups in total. The average Bonchev–Trinajstić information content (AvgIpc) is 2.52. The Hall–Kier alpha value is -2.30. The summed E-state index contributed by atoms with van der Waals surface area (Å²) in [5.41, 5.74) is -0.212. The molecule has 5 heteroatoms. The first-order valence-corrected chi connectivity index (χ1v) is 7.60. The maximum atomic E-state index is 12.2. The molecule has 0 saturated heterocycles. The molecule has 1 aliphatic rings. The second-order valence-electron chi connectivity index (χ2n) is 6.06. The minimum atomic E-state index is -0.732. The van der Waals surface area contributed by atoms with Gasteiger partial charge < -0.3 is 10.2 Å². The number of pyridine rings is 1. The van der Waals surface area contributed by atoms with Gasteiger partial charge in [0.05, 0.1) is 5.92 Å². The molecule has 0 atom stereocenters. The van der Waals surface area contributed by atoms with Crippen LogP contribution in [0.25, 0.3) is 10.8 Å². The number of fused-ring (bicyclic) bond motifs is 1. The Morgan fingerprint density at radius 2 is 1.86 bits per heavy atom. The van der Waals surface area contributed by atoms with E-state index in [4.69, 9.17) is 5.11 Å². The number of hydrogen-bond acceptors (Lipinski definition) is 3. The van der Waals surface area contributed by atoms with E-state index >= 15 is 0 Å². The Kier molecular flexibility index (Phi) is 3.88. The molecule has 1 aromatic heterocycles. The van der Waals surface area contributed by atoms with Gasteiger partial charge in [-0.3, -0.25) is 14.2 Å². The van der Waals surface area contributed by atoms with Gasteiger partial charge in [0.1, 0.15) is 0 Å². The molecule has 1 heterocycles. The molecule has 0 unspecified atom stereocenters. The van der Waals surface area contributed by atoms with E-state index < -0.39 is 5.97 Å². The molecule has 1 fully saturated rings. The summed E-state index contributed by atoms with van der Waals surface area (Å²) in [7, 11) is 0. The van der Waals surface area contributed by atoms with Gasteiger partial charge in [0.15, 0.2) is 0 Å². The van der Waals surface area contributed by atoms with Gasteiger partial charge in [0.25, 0.3) is 5.56 Å². The van der Waals surface area contributed by atoms with Crippen LogP contribution in [-0.2, 0) is 11.3 Å². The summed E-state index contributed by atoms with van der Waals surface area (Å²) in [5.74, 6) is -0.758. The maximum absolute atomic E-state index is 12.2. The quantitative estimate of drug-likeness (QED) is 0.913. The molecule has 1 aliphatic carbocycles. The van der Waals surface area contributed by atoms with Crippen LogP contribution in [0.15, 0.2) is 35.1 Å². The third kappa shape index (κ3) is 2.71. The summed E-state index contributed by atoms with van der Waals surface area (Å²) in [6.07, 6.45) is 2.83. The van der Waals surface area contributed by atoms with E-state index in [-0.39, 0.29) is 23.3 Å². The second kappa shape index (κ2) is 5.83. The molecule has 5 nitrogen and oxygen atoms in total. The standard InChI is InChI=1S/C17H19NO4/c19-15-9-13-3-1-2-4-14(13)16(20)18(15)10-11-5-7-12(8-6-11)17(21)22/h1-4,9,11-12,20H,5-8,10H2,(H,21,22). The van der Waals surface area contributed by atoms with Crippen LogP contribution in [0.4, 0.5) is 0 Å². The van der Waals surface area contributed by atoms with Crippen molar-refractivity contribution in [1.29, 1.82) is 0 Å². The molecule has 0 bridgehead atoms. The lowest BCUT2D eigenvalue weighted by Gasteiger charge is -2.26. The molecule has 0 amide bonds. The number of hydrogen-bond donors (Lipinski definition) is 2. The second-order valence-corrected chi connectivity index (χ2v) is 6.06. The number of aromatic hydroxyl groups is 1. The third-order valence-corrected chi connectivity index (χ3v) is 4.64. The molecule has 116 valence electrons. The number of benzene rings is 1. The highest BCUT2D eigenvalue weighted by atomic mass is 16.4. The lowest BCUT2D eigenvalue weighted by Crippen LogP contribution is -2.28. The molecule has 22 heavy (non-hydrogen) atoms. The van der Waals surface area contributed by atoms with Gasteiger partial charge in [-0.25, -0.2) is 0 Å². The van der Waals surface area contributed by atoms with Crippen molar-refractivity contribution < 1.29 is 15.0 Å². The highest BCUT2D eigenvalue weighted by molar-refractivity contribution is 5.86. The Balaban J connectivity index is 1.83. The van der Waals surface area contributed by atoms with Gasteiger partial charge in [-0.2, -0.15) is 0 Å². The minimum absolute atomic E-state index is 0.00320. The molecule has 3 rings (SSSR count). The predicted octanol–water partition coefficient (Wildman–Crippen LogP) is 2.60. The van der Waals surface area contributed by atoms with Crippen LogP contribution >= 0.6 is 0 Å². The molecule has 1 aromatic carbocycles. The van der Waals surface area contributed by atoms with Crippen LogP contribution in [0.2, 0.25) is 0 Å². The topological polar surface area (TPSA) is 79.5 Å². The number of nitrogens with zero attached hydrogens (tertiary/aromatic N) is 1. The monoisotopic (exact) mass is 301 g/mol. The first-order valence-electron chi connectivity index (χ1n) is 7.60.